The minimum atomic E-state index is -0.249. The Hall–Kier alpha value is -2.17. The molecule has 1 aromatic rings. The van der Waals surface area contributed by atoms with Gasteiger partial charge in [-0.3, -0.25) is 9.59 Å². The molecule has 126 valence electrons. The Kier molecular flexibility index (Phi) is 8.02. The first-order valence-electron chi connectivity index (χ1n) is 8.18. The number of hydrogen-bond acceptors (Lipinski definition) is 3. The third kappa shape index (κ3) is 7.08. The molecule has 5 heteroatoms. The fourth-order valence-corrected chi connectivity index (χ4v) is 1.89. The van der Waals surface area contributed by atoms with Crippen molar-refractivity contribution in [3.8, 4) is 0 Å². The number of amides is 2. The number of benzene rings is 1. The molecular weight excluding hydrogens is 290 g/mol. The molecule has 1 aromatic carbocycles. The molecule has 0 bridgehead atoms. The second kappa shape index (κ2) is 9.77. The summed E-state index contributed by atoms with van der Waals surface area (Å²) >= 11 is 0. The van der Waals surface area contributed by atoms with Gasteiger partial charge in [0, 0.05) is 22.9 Å². The molecule has 0 aromatic heterocycles. The molecular formula is C18H27N3O2. The predicted octanol–water partition coefficient (Wildman–Crippen LogP) is 3.97. The van der Waals surface area contributed by atoms with Gasteiger partial charge < -0.3 is 5.32 Å². The Bertz CT molecular complexity index is 548. The number of unbranched alkanes of at least 4 members (excludes halogenated alkanes) is 2. The highest BCUT2D eigenvalue weighted by Crippen LogP contribution is 2.11. The van der Waals surface area contributed by atoms with Gasteiger partial charge in [0.2, 0.25) is 5.91 Å². The lowest BCUT2D eigenvalue weighted by Gasteiger charge is -2.08. The third-order valence-corrected chi connectivity index (χ3v) is 3.43. The Morgan fingerprint density at radius 1 is 1.13 bits per heavy atom. The van der Waals surface area contributed by atoms with E-state index >= 15 is 0 Å². The van der Waals surface area contributed by atoms with Crippen molar-refractivity contribution in [2.24, 2.45) is 11.0 Å². The van der Waals surface area contributed by atoms with Crippen molar-refractivity contribution in [3.63, 3.8) is 0 Å². The lowest BCUT2D eigenvalue weighted by atomic mass is 10.1. The summed E-state index contributed by atoms with van der Waals surface area (Å²) in [6.45, 7) is 7.73. The Morgan fingerprint density at radius 3 is 2.35 bits per heavy atom. The first kappa shape index (κ1) is 18.9. The maximum Gasteiger partial charge on any atom is 0.271 e. The first-order valence-corrected chi connectivity index (χ1v) is 8.18. The van der Waals surface area contributed by atoms with Crippen molar-refractivity contribution in [1.82, 2.24) is 5.43 Å². The maximum absolute atomic E-state index is 12.0. The van der Waals surface area contributed by atoms with Crippen LogP contribution >= 0.6 is 0 Å². The zero-order valence-corrected chi connectivity index (χ0v) is 14.5. The molecule has 2 amide bonds. The fraction of sp³-hybridized carbons (Fsp3) is 0.500. The summed E-state index contributed by atoms with van der Waals surface area (Å²) in [6, 6.07) is 6.78. The summed E-state index contributed by atoms with van der Waals surface area (Å²) in [7, 11) is 0. The van der Waals surface area contributed by atoms with Gasteiger partial charge in [0.05, 0.1) is 0 Å². The number of rotatable bonds is 8. The lowest BCUT2D eigenvalue weighted by Crippen LogP contribution is -2.20. The van der Waals surface area contributed by atoms with Gasteiger partial charge in [-0.2, -0.15) is 5.10 Å². The molecule has 0 heterocycles. The zero-order valence-electron chi connectivity index (χ0n) is 14.5. The summed E-state index contributed by atoms with van der Waals surface area (Å²) in [6.07, 6.45) is 4.32. The van der Waals surface area contributed by atoms with E-state index in [9.17, 15) is 9.59 Å². The number of carbonyl (C=O) groups excluding carboxylic acids is 2. The van der Waals surface area contributed by atoms with E-state index in [1.165, 1.54) is 12.8 Å². The monoisotopic (exact) mass is 317 g/mol. The van der Waals surface area contributed by atoms with Crippen LogP contribution in [0.5, 0.6) is 0 Å². The predicted molar refractivity (Wildman–Crippen MR) is 94.6 cm³/mol. The van der Waals surface area contributed by atoms with Crippen LogP contribution in [0.4, 0.5) is 5.69 Å². The minimum absolute atomic E-state index is 0.0468. The molecule has 0 radical (unpaired) electrons. The molecule has 0 fully saturated rings. The average Bonchev–Trinajstić information content (AvgIpc) is 2.53. The van der Waals surface area contributed by atoms with Crippen LogP contribution in [0.15, 0.2) is 29.4 Å². The quantitative estimate of drug-likeness (QED) is 0.433. The summed E-state index contributed by atoms with van der Waals surface area (Å²) in [4.78, 5) is 23.6. The average molecular weight is 317 g/mol. The molecule has 0 saturated heterocycles. The van der Waals surface area contributed by atoms with Gasteiger partial charge in [-0.25, -0.2) is 5.43 Å². The number of hydrogen-bond donors (Lipinski definition) is 2. The third-order valence-electron chi connectivity index (χ3n) is 3.43. The van der Waals surface area contributed by atoms with Gasteiger partial charge >= 0.3 is 0 Å². The molecule has 23 heavy (non-hydrogen) atoms. The van der Waals surface area contributed by atoms with E-state index < -0.39 is 0 Å². The molecule has 0 saturated carbocycles. The summed E-state index contributed by atoms with van der Waals surface area (Å²) in [5.74, 6) is -0.376. The molecule has 0 aliphatic carbocycles. The van der Waals surface area contributed by atoms with Crippen LogP contribution in [-0.4, -0.2) is 17.5 Å². The van der Waals surface area contributed by atoms with Crippen LogP contribution in [0.1, 0.15) is 63.7 Å². The van der Waals surface area contributed by atoms with Gasteiger partial charge in [0.25, 0.3) is 5.91 Å². The van der Waals surface area contributed by atoms with Crippen molar-refractivity contribution < 1.29 is 9.59 Å². The van der Waals surface area contributed by atoms with Crippen molar-refractivity contribution in [3.05, 3.63) is 29.8 Å². The van der Waals surface area contributed by atoms with Crippen LogP contribution in [-0.2, 0) is 4.79 Å². The first-order chi connectivity index (χ1) is 10.9. The Morgan fingerprint density at radius 2 is 1.78 bits per heavy atom. The van der Waals surface area contributed by atoms with Crippen molar-refractivity contribution in [2.45, 2.75) is 53.4 Å². The number of carbonyl (C=O) groups is 2. The van der Waals surface area contributed by atoms with Crippen LogP contribution < -0.4 is 10.7 Å². The molecule has 0 aliphatic heterocycles. The second-order valence-corrected chi connectivity index (χ2v) is 5.97. The summed E-state index contributed by atoms with van der Waals surface area (Å²) < 4.78 is 0. The highest BCUT2D eigenvalue weighted by molar-refractivity contribution is 5.96. The molecule has 1 rings (SSSR count). The molecule has 0 atom stereocenters. The second-order valence-electron chi connectivity index (χ2n) is 5.97. The van der Waals surface area contributed by atoms with Crippen LogP contribution in [0.2, 0.25) is 0 Å². The van der Waals surface area contributed by atoms with E-state index in [1.807, 2.05) is 20.8 Å². The lowest BCUT2D eigenvalue weighted by molar-refractivity contribution is -0.118. The SMILES string of the molecule is CCCCC/C(C)=N/NC(=O)c1ccc(NC(=O)C(C)C)cc1. The van der Waals surface area contributed by atoms with Crippen LogP contribution in [0.3, 0.4) is 0 Å². The Balaban J connectivity index is 2.54. The van der Waals surface area contributed by atoms with E-state index in [-0.39, 0.29) is 17.7 Å². The Labute approximate surface area is 138 Å². The molecule has 5 nitrogen and oxygen atoms in total. The fourth-order valence-electron chi connectivity index (χ4n) is 1.89. The zero-order chi connectivity index (χ0) is 17.2. The van der Waals surface area contributed by atoms with E-state index in [0.29, 0.717) is 11.3 Å². The molecule has 2 N–H and O–H groups in total. The standard InChI is InChI=1S/C18H27N3O2/c1-5-6-7-8-14(4)20-21-18(23)15-9-11-16(12-10-15)19-17(22)13(2)3/h9-13H,5-8H2,1-4H3,(H,19,22)(H,21,23)/b20-14+. The molecule has 0 unspecified atom stereocenters. The van der Waals surface area contributed by atoms with Crippen molar-refractivity contribution >= 4 is 23.2 Å². The van der Waals surface area contributed by atoms with Crippen LogP contribution in [0, 0.1) is 5.92 Å². The van der Waals surface area contributed by atoms with Gasteiger partial charge in [-0.05, 0) is 44.0 Å². The van der Waals surface area contributed by atoms with Crippen LogP contribution in [0.25, 0.3) is 0 Å². The summed E-state index contributed by atoms with van der Waals surface area (Å²) in [5, 5.41) is 6.90. The minimum Gasteiger partial charge on any atom is -0.326 e. The van der Waals surface area contributed by atoms with Gasteiger partial charge in [0.15, 0.2) is 0 Å². The molecule has 0 spiro atoms. The maximum atomic E-state index is 12.0. The number of hydrazone groups is 1. The number of nitrogens with zero attached hydrogens (tertiary/aromatic N) is 1. The normalized spacial score (nSPS) is 11.4. The van der Waals surface area contributed by atoms with E-state index in [0.717, 1.165) is 18.6 Å². The van der Waals surface area contributed by atoms with E-state index in [1.54, 1.807) is 24.3 Å². The summed E-state index contributed by atoms with van der Waals surface area (Å²) in [5.41, 5.74) is 4.68. The molecule has 0 aliphatic rings. The van der Waals surface area contributed by atoms with Crippen molar-refractivity contribution in [1.29, 1.82) is 0 Å². The number of anilines is 1. The van der Waals surface area contributed by atoms with Crippen molar-refractivity contribution in [2.75, 3.05) is 5.32 Å². The van der Waals surface area contributed by atoms with E-state index in [4.69, 9.17) is 0 Å². The smallest absolute Gasteiger partial charge is 0.271 e. The topological polar surface area (TPSA) is 70.6 Å². The van der Waals surface area contributed by atoms with Gasteiger partial charge in [-0.15, -0.1) is 0 Å². The van der Waals surface area contributed by atoms with Gasteiger partial charge in [0.1, 0.15) is 0 Å². The van der Waals surface area contributed by atoms with E-state index in [2.05, 4.69) is 22.8 Å². The largest absolute Gasteiger partial charge is 0.326 e. The van der Waals surface area contributed by atoms with Gasteiger partial charge in [-0.1, -0.05) is 33.6 Å². The highest BCUT2D eigenvalue weighted by Gasteiger charge is 2.08. The number of nitrogens with one attached hydrogen (secondary N) is 2. The highest BCUT2D eigenvalue weighted by atomic mass is 16.2.